The van der Waals surface area contributed by atoms with E-state index in [1.165, 1.54) is 12.8 Å². The third-order valence-corrected chi connectivity index (χ3v) is 3.23. The third-order valence-electron chi connectivity index (χ3n) is 3.23. The molecule has 1 aliphatic carbocycles. The monoisotopic (exact) mass is 209 g/mol. The van der Waals surface area contributed by atoms with Crippen LogP contribution in [0.15, 0.2) is 4.52 Å². The summed E-state index contributed by atoms with van der Waals surface area (Å²) in [7, 11) is 0. The van der Waals surface area contributed by atoms with Crippen molar-refractivity contribution in [3.05, 3.63) is 11.7 Å². The minimum absolute atomic E-state index is 0.643. The van der Waals surface area contributed by atoms with E-state index in [0.29, 0.717) is 24.3 Å². The van der Waals surface area contributed by atoms with Crippen molar-refractivity contribution in [1.29, 1.82) is 0 Å². The number of nitrogens with one attached hydrogen (secondary N) is 1. The first-order chi connectivity index (χ1) is 7.15. The molecule has 84 valence electrons. The highest BCUT2D eigenvalue weighted by Crippen LogP contribution is 2.33. The summed E-state index contributed by atoms with van der Waals surface area (Å²) in [6, 6.07) is 0.643. The Balaban J connectivity index is 1.68. The molecule has 0 aliphatic heterocycles. The number of nitrogens with zero attached hydrogens (tertiary/aromatic N) is 2. The number of hydrogen-bond donors (Lipinski definition) is 1. The molecule has 0 spiro atoms. The summed E-state index contributed by atoms with van der Waals surface area (Å²) in [5.74, 6) is 3.11. The molecule has 1 N–H and O–H groups in total. The fourth-order valence-corrected chi connectivity index (χ4v) is 2.02. The largest absolute Gasteiger partial charge is 0.338 e. The van der Waals surface area contributed by atoms with E-state index in [1.54, 1.807) is 0 Å². The molecule has 0 unspecified atom stereocenters. The Morgan fingerprint density at radius 3 is 2.73 bits per heavy atom. The maximum Gasteiger partial charge on any atom is 0.240 e. The zero-order valence-electron chi connectivity index (χ0n) is 9.66. The fraction of sp³-hybridized carbons (Fsp3) is 0.818. The molecule has 1 heterocycles. The van der Waals surface area contributed by atoms with E-state index in [2.05, 4.69) is 29.3 Å². The van der Waals surface area contributed by atoms with Gasteiger partial charge in [-0.25, -0.2) is 0 Å². The van der Waals surface area contributed by atoms with Crippen molar-refractivity contribution in [3.63, 3.8) is 0 Å². The molecule has 0 radical (unpaired) electrons. The number of aromatic nitrogens is 2. The fourth-order valence-electron chi connectivity index (χ4n) is 2.02. The average molecular weight is 209 g/mol. The summed E-state index contributed by atoms with van der Waals surface area (Å²) in [6.45, 7) is 7.13. The topological polar surface area (TPSA) is 51.0 Å². The molecule has 1 aromatic heterocycles. The second-order valence-electron chi connectivity index (χ2n) is 4.79. The van der Waals surface area contributed by atoms with Crippen LogP contribution >= 0.6 is 0 Å². The molecule has 1 fully saturated rings. The van der Waals surface area contributed by atoms with Gasteiger partial charge in [-0.05, 0) is 31.6 Å². The van der Waals surface area contributed by atoms with Gasteiger partial charge in [-0.2, -0.15) is 4.98 Å². The van der Waals surface area contributed by atoms with E-state index >= 15 is 0 Å². The maximum atomic E-state index is 5.03. The zero-order chi connectivity index (χ0) is 10.8. The minimum atomic E-state index is 0.643. The summed E-state index contributed by atoms with van der Waals surface area (Å²) in [5, 5.41) is 7.19. The van der Waals surface area contributed by atoms with Gasteiger partial charge in [-0.1, -0.05) is 19.0 Å². The third kappa shape index (κ3) is 2.56. The molecule has 0 saturated heterocycles. The predicted molar refractivity (Wildman–Crippen MR) is 57.2 cm³/mol. The SMILES string of the molecule is Cc1noc(CNC2CC(C(C)C)C2)n1. The van der Waals surface area contributed by atoms with Crippen LogP contribution in [0, 0.1) is 18.8 Å². The highest BCUT2D eigenvalue weighted by molar-refractivity contribution is 4.89. The Bertz CT molecular complexity index is 315. The highest BCUT2D eigenvalue weighted by Gasteiger charge is 2.30. The van der Waals surface area contributed by atoms with Crippen molar-refractivity contribution < 1.29 is 4.52 Å². The van der Waals surface area contributed by atoms with Crippen LogP contribution in [-0.4, -0.2) is 16.2 Å². The van der Waals surface area contributed by atoms with Crippen molar-refractivity contribution >= 4 is 0 Å². The summed E-state index contributed by atoms with van der Waals surface area (Å²) in [5.41, 5.74) is 0. The number of rotatable bonds is 4. The molecule has 0 bridgehead atoms. The molecular weight excluding hydrogens is 190 g/mol. The highest BCUT2D eigenvalue weighted by atomic mass is 16.5. The maximum absolute atomic E-state index is 5.03. The lowest BCUT2D eigenvalue weighted by Gasteiger charge is -2.38. The number of aryl methyl sites for hydroxylation is 1. The molecule has 15 heavy (non-hydrogen) atoms. The van der Waals surface area contributed by atoms with Gasteiger partial charge in [0, 0.05) is 6.04 Å². The molecule has 4 nitrogen and oxygen atoms in total. The Hall–Kier alpha value is -0.900. The molecule has 4 heteroatoms. The van der Waals surface area contributed by atoms with Crippen LogP contribution in [0.2, 0.25) is 0 Å². The van der Waals surface area contributed by atoms with Gasteiger partial charge in [0.2, 0.25) is 5.89 Å². The van der Waals surface area contributed by atoms with Gasteiger partial charge in [0.15, 0.2) is 5.82 Å². The first kappa shape index (κ1) is 10.6. The van der Waals surface area contributed by atoms with E-state index in [9.17, 15) is 0 Å². The minimum Gasteiger partial charge on any atom is -0.338 e. The predicted octanol–water partition coefficient (Wildman–Crippen LogP) is 1.90. The molecule has 1 aliphatic rings. The van der Waals surface area contributed by atoms with E-state index < -0.39 is 0 Å². The second-order valence-corrected chi connectivity index (χ2v) is 4.79. The normalized spacial score (nSPS) is 25.6. The van der Waals surface area contributed by atoms with Crippen LogP contribution in [-0.2, 0) is 6.54 Å². The van der Waals surface area contributed by atoms with Crippen LogP contribution < -0.4 is 5.32 Å². The summed E-state index contributed by atoms with van der Waals surface area (Å²) in [6.07, 6.45) is 2.57. The average Bonchev–Trinajstić information content (AvgIpc) is 2.48. The number of hydrogen-bond acceptors (Lipinski definition) is 4. The lowest BCUT2D eigenvalue weighted by atomic mass is 9.74. The molecular formula is C11H19N3O. The van der Waals surface area contributed by atoms with E-state index in [4.69, 9.17) is 4.52 Å². The van der Waals surface area contributed by atoms with Gasteiger partial charge >= 0.3 is 0 Å². The lowest BCUT2D eigenvalue weighted by Crippen LogP contribution is -2.42. The van der Waals surface area contributed by atoms with Crippen molar-refractivity contribution in [2.24, 2.45) is 11.8 Å². The van der Waals surface area contributed by atoms with Gasteiger partial charge < -0.3 is 9.84 Å². The first-order valence-electron chi connectivity index (χ1n) is 5.67. The lowest BCUT2D eigenvalue weighted by molar-refractivity contribution is 0.163. The van der Waals surface area contributed by atoms with Crippen LogP contribution in [0.4, 0.5) is 0 Å². The van der Waals surface area contributed by atoms with E-state index in [-0.39, 0.29) is 0 Å². The Labute approximate surface area is 90.4 Å². The van der Waals surface area contributed by atoms with Crippen molar-refractivity contribution in [2.45, 2.75) is 46.2 Å². The van der Waals surface area contributed by atoms with Crippen molar-refractivity contribution in [3.8, 4) is 0 Å². The molecule has 2 rings (SSSR count). The van der Waals surface area contributed by atoms with E-state index in [1.807, 2.05) is 6.92 Å². The Morgan fingerprint density at radius 2 is 2.20 bits per heavy atom. The van der Waals surface area contributed by atoms with Gasteiger partial charge in [0.25, 0.3) is 0 Å². The first-order valence-corrected chi connectivity index (χ1v) is 5.67. The Kier molecular flexibility index (Phi) is 3.05. The van der Waals surface area contributed by atoms with Gasteiger partial charge in [-0.3, -0.25) is 0 Å². The molecule has 0 atom stereocenters. The zero-order valence-corrected chi connectivity index (χ0v) is 9.66. The Morgan fingerprint density at radius 1 is 1.47 bits per heavy atom. The van der Waals surface area contributed by atoms with Gasteiger partial charge in [0.05, 0.1) is 6.54 Å². The standard InChI is InChI=1S/C11H19N3O/c1-7(2)9-4-10(5-9)12-6-11-13-8(3)14-15-11/h7,9-10,12H,4-6H2,1-3H3. The summed E-state index contributed by atoms with van der Waals surface area (Å²) >= 11 is 0. The van der Waals surface area contributed by atoms with Crippen molar-refractivity contribution in [1.82, 2.24) is 15.5 Å². The molecule has 0 aromatic carbocycles. The molecule has 1 saturated carbocycles. The molecule has 0 amide bonds. The van der Waals surface area contributed by atoms with Crippen LogP contribution in [0.5, 0.6) is 0 Å². The van der Waals surface area contributed by atoms with E-state index in [0.717, 1.165) is 11.8 Å². The van der Waals surface area contributed by atoms with Crippen LogP contribution in [0.3, 0.4) is 0 Å². The van der Waals surface area contributed by atoms with Crippen molar-refractivity contribution in [2.75, 3.05) is 0 Å². The smallest absolute Gasteiger partial charge is 0.240 e. The summed E-state index contributed by atoms with van der Waals surface area (Å²) in [4.78, 5) is 4.15. The van der Waals surface area contributed by atoms with Gasteiger partial charge in [-0.15, -0.1) is 0 Å². The second kappa shape index (κ2) is 4.31. The molecule has 1 aromatic rings. The summed E-state index contributed by atoms with van der Waals surface area (Å²) < 4.78 is 5.03. The quantitative estimate of drug-likeness (QED) is 0.823. The van der Waals surface area contributed by atoms with Crippen LogP contribution in [0.1, 0.15) is 38.4 Å². The van der Waals surface area contributed by atoms with Gasteiger partial charge in [0.1, 0.15) is 0 Å². The van der Waals surface area contributed by atoms with Crippen LogP contribution in [0.25, 0.3) is 0 Å².